The molecule has 2 aliphatic rings. The summed E-state index contributed by atoms with van der Waals surface area (Å²) >= 11 is 0. The van der Waals surface area contributed by atoms with E-state index in [1.165, 1.54) is 0 Å². The van der Waals surface area contributed by atoms with Crippen molar-refractivity contribution in [1.82, 2.24) is 10.2 Å². The SMILES string of the molecule is CC(C)(C)OC(=O)C1CN(CC2CNC2)C1. The van der Waals surface area contributed by atoms with Crippen LogP contribution in [0.2, 0.25) is 0 Å². The molecule has 2 fully saturated rings. The topological polar surface area (TPSA) is 41.6 Å². The fourth-order valence-electron chi connectivity index (χ4n) is 2.10. The summed E-state index contributed by atoms with van der Waals surface area (Å²) in [7, 11) is 0. The molecule has 2 rings (SSSR count). The lowest BCUT2D eigenvalue weighted by molar-refractivity contribution is -0.166. The molecule has 0 radical (unpaired) electrons. The van der Waals surface area contributed by atoms with E-state index >= 15 is 0 Å². The standard InChI is InChI=1S/C12H22N2O2/c1-12(2,3)16-11(15)10-7-14(8-10)6-9-4-13-5-9/h9-10,13H,4-8H2,1-3H3. The lowest BCUT2D eigenvalue weighted by Crippen LogP contribution is -2.57. The number of likely N-dealkylation sites (tertiary alicyclic amines) is 1. The van der Waals surface area contributed by atoms with Gasteiger partial charge in [0.1, 0.15) is 5.60 Å². The molecule has 1 N–H and O–H groups in total. The van der Waals surface area contributed by atoms with Crippen LogP contribution in [0.3, 0.4) is 0 Å². The Hall–Kier alpha value is -0.610. The molecule has 4 nitrogen and oxygen atoms in total. The minimum Gasteiger partial charge on any atom is -0.460 e. The first kappa shape index (κ1) is 11.9. The summed E-state index contributed by atoms with van der Waals surface area (Å²) in [5, 5.41) is 3.26. The van der Waals surface area contributed by atoms with Crippen LogP contribution in [0.4, 0.5) is 0 Å². The van der Waals surface area contributed by atoms with Crippen molar-refractivity contribution in [1.29, 1.82) is 0 Å². The molecule has 0 aromatic heterocycles. The monoisotopic (exact) mass is 226 g/mol. The minimum absolute atomic E-state index is 0.0320. The van der Waals surface area contributed by atoms with Gasteiger partial charge in [-0.15, -0.1) is 0 Å². The third-order valence-corrected chi connectivity index (χ3v) is 3.08. The van der Waals surface area contributed by atoms with Crippen molar-refractivity contribution in [2.24, 2.45) is 11.8 Å². The Labute approximate surface area is 97.3 Å². The molecule has 4 heteroatoms. The van der Waals surface area contributed by atoms with Crippen LogP contribution in [0.5, 0.6) is 0 Å². The van der Waals surface area contributed by atoms with Gasteiger partial charge in [0, 0.05) is 32.7 Å². The fraction of sp³-hybridized carbons (Fsp3) is 0.917. The van der Waals surface area contributed by atoms with E-state index in [9.17, 15) is 4.79 Å². The average molecular weight is 226 g/mol. The van der Waals surface area contributed by atoms with Crippen LogP contribution in [-0.4, -0.2) is 49.2 Å². The number of carbonyl (C=O) groups excluding carboxylic acids is 1. The number of nitrogens with zero attached hydrogens (tertiary/aromatic N) is 1. The van der Waals surface area contributed by atoms with Gasteiger partial charge >= 0.3 is 5.97 Å². The predicted octanol–water partition coefficient (Wildman–Crippen LogP) is 0.479. The van der Waals surface area contributed by atoms with Crippen molar-refractivity contribution < 1.29 is 9.53 Å². The molecule has 0 amide bonds. The molecule has 0 aromatic rings. The largest absolute Gasteiger partial charge is 0.460 e. The molecule has 16 heavy (non-hydrogen) atoms. The summed E-state index contributed by atoms with van der Waals surface area (Å²) < 4.78 is 5.36. The molecule has 0 aliphatic carbocycles. The second-order valence-electron chi connectivity index (χ2n) is 5.97. The maximum Gasteiger partial charge on any atom is 0.312 e. The van der Waals surface area contributed by atoms with Gasteiger partial charge in [-0.1, -0.05) is 0 Å². The number of nitrogens with one attached hydrogen (secondary N) is 1. The number of hydrogen-bond donors (Lipinski definition) is 1. The van der Waals surface area contributed by atoms with Crippen LogP contribution in [0.25, 0.3) is 0 Å². The fourth-order valence-corrected chi connectivity index (χ4v) is 2.10. The van der Waals surface area contributed by atoms with Gasteiger partial charge in [0.05, 0.1) is 5.92 Å². The number of ether oxygens (including phenoxy) is 1. The van der Waals surface area contributed by atoms with Crippen molar-refractivity contribution in [3.05, 3.63) is 0 Å². The van der Waals surface area contributed by atoms with E-state index in [2.05, 4.69) is 10.2 Å². The van der Waals surface area contributed by atoms with E-state index in [1.807, 2.05) is 20.8 Å². The Bertz CT molecular complexity index is 263. The van der Waals surface area contributed by atoms with E-state index in [0.29, 0.717) is 0 Å². The highest BCUT2D eigenvalue weighted by atomic mass is 16.6. The van der Waals surface area contributed by atoms with Gasteiger partial charge in [-0.2, -0.15) is 0 Å². The maximum absolute atomic E-state index is 11.7. The highest BCUT2D eigenvalue weighted by molar-refractivity contribution is 5.74. The molecule has 0 saturated carbocycles. The molecule has 0 atom stereocenters. The third kappa shape index (κ3) is 2.95. The first-order chi connectivity index (χ1) is 7.44. The van der Waals surface area contributed by atoms with Crippen LogP contribution in [0, 0.1) is 11.8 Å². The van der Waals surface area contributed by atoms with Crippen molar-refractivity contribution in [3.63, 3.8) is 0 Å². The number of carbonyl (C=O) groups is 1. The molecular weight excluding hydrogens is 204 g/mol. The van der Waals surface area contributed by atoms with Gasteiger partial charge in [-0.3, -0.25) is 4.79 Å². The van der Waals surface area contributed by atoms with Crippen LogP contribution in [0.1, 0.15) is 20.8 Å². The van der Waals surface area contributed by atoms with Gasteiger partial charge in [-0.05, 0) is 26.7 Å². The summed E-state index contributed by atoms with van der Waals surface area (Å²) in [5.74, 6) is 0.863. The van der Waals surface area contributed by atoms with Crippen molar-refractivity contribution in [3.8, 4) is 0 Å². The van der Waals surface area contributed by atoms with Crippen molar-refractivity contribution in [2.45, 2.75) is 26.4 Å². The highest BCUT2D eigenvalue weighted by Gasteiger charge is 2.37. The van der Waals surface area contributed by atoms with Gasteiger partial charge in [0.2, 0.25) is 0 Å². The van der Waals surface area contributed by atoms with Crippen molar-refractivity contribution >= 4 is 5.97 Å². The van der Waals surface area contributed by atoms with Crippen LogP contribution >= 0.6 is 0 Å². The predicted molar refractivity (Wildman–Crippen MR) is 62.1 cm³/mol. The van der Waals surface area contributed by atoms with Crippen LogP contribution in [-0.2, 0) is 9.53 Å². The normalized spacial score (nSPS) is 23.7. The van der Waals surface area contributed by atoms with E-state index in [4.69, 9.17) is 4.74 Å². The second-order valence-corrected chi connectivity index (χ2v) is 5.97. The summed E-state index contributed by atoms with van der Waals surface area (Å²) in [5.41, 5.74) is -0.352. The van der Waals surface area contributed by atoms with Gasteiger partial charge in [0.15, 0.2) is 0 Å². The first-order valence-corrected chi connectivity index (χ1v) is 6.10. The Morgan fingerprint density at radius 3 is 2.44 bits per heavy atom. The molecule has 2 heterocycles. The van der Waals surface area contributed by atoms with E-state index in [1.54, 1.807) is 0 Å². The average Bonchev–Trinajstić information content (AvgIpc) is 1.93. The second kappa shape index (κ2) is 4.34. The summed E-state index contributed by atoms with van der Waals surface area (Å²) in [6, 6.07) is 0. The van der Waals surface area contributed by atoms with Gasteiger partial charge in [-0.25, -0.2) is 0 Å². The molecule has 0 bridgehead atoms. The zero-order chi connectivity index (χ0) is 11.8. The van der Waals surface area contributed by atoms with Crippen LogP contribution < -0.4 is 5.32 Å². The molecule has 2 saturated heterocycles. The lowest BCUT2D eigenvalue weighted by Gasteiger charge is -2.42. The van der Waals surface area contributed by atoms with E-state index in [-0.39, 0.29) is 17.5 Å². The summed E-state index contributed by atoms with van der Waals surface area (Å²) in [6.45, 7) is 10.9. The summed E-state index contributed by atoms with van der Waals surface area (Å²) in [6.07, 6.45) is 0. The molecule has 2 aliphatic heterocycles. The van der Waals surface area contributed by atoms with Gasteiger partial charge < -0.3 is 15.0 Å². The van der Waals surface area contributed by atoms with E-state index < -0.39 is 0 Å². The molecule has 92 valence electrons. The quantitative estimate of drug-likeness (QED) is 0.711. The zero-order valence-corrected chi connectivity index (χ0v) is 10.5. The molecule has 0 spiro atoms. The van der Waals surface area contributed by atoms with E-state index in [0.717, 1.165) is 38.6 Å². The molecule has 0 aromatic carbocycles. The zero-order valence-electron chi connectivity index (χ0n) is 10.5. The van der Waals surface area contributed by atoms with Gasteiger partial charge in [0.25, 0.3) is 0 Å². The lowest BCUT2D eigenvalue weighted by atomic mass is 9.95. The maximum atomic E-state index is 11.7. The number of hydrogen-bond acceptors (Lipinski definition) is 4. The third-order valence-electron chi connectivity index (χ3n) is 3.08. The Morgan fingerprint density at radius 1 is 1.38 bits per heavy atom. The summed E-state index contributed by atoms with van der Waals surface area (Å²) in [4.78, 5) is 14.0. The smallest absolute Gasteiger partial charge is 0.312 e. The molecular formula is C12H22N2O2. The number of esters is 1. The minimum atomic E-state index is -0.352. The Kier molecular flexibility index (Phi) is 3.22. The van der Waals surface area contributed by atoms with Crippen molar-refractivity contribution in [2.75, 3.05) is 32.7 Å². The number of rotatable bonds is 3. The Morgan fingerprint density at radius 2 is 2.00 bits per heavy atom. The molecule has 0 unspecified atom stereocenters. The Balaban J connectivity index is 1.65. The van der Waals surface area contributed by atoms with Crippen LogP contribution in [0.15, 0.2) is 0 Å². The first-order valence-electron chi connectivity index (χ1n) is 6.10. The highest BCUT2D eigenvalue weighted by Crippen LogP contribution is 2.21.